The van der Waals surface area contributed by atoms with E-state index in [0.29, 0.717) is 5.16 Å². The molecule has 0 fully saturated rings. The summed E-state index contributed by atoms with van der Waals surface area (Å²) < 4.78 is 1.83. The number of thioether (sulfide) groups is 1. The number of carboxylic acids is 1. The van der Waals surface area contributed by atoms with E-state index in [-0.39, 0.29) is 5.75 Å². The van der Waals surface area contributed by atoms with Crippen LogP contribution in [0, 0.1) is 0 Å². The minimum atomic E-state index is -0.860. The van der Waals surface area contributed by atoms with E-state index in [4.69, 9.17) is 5.11 Å². The molecular formula is C14H18N4O2S. The van der Waals surface area contributed by atoms with Gasteiger partial charge in [0.25, 0.3) is 0 Å². The summed E-state index contributed by atoms with van der Waals surface area (Å²) in [6.07, 6.45) is 0. The molecule has 0 bridgehead atoms. The van der Waals surface area contributed by atoms with Crippen LogP contribution >= 0.6 is 11.8 Å². The highest BCUT2D eigenvalue weighted by Gasteiger charge is 2.16. The van der Waals surface area contributed by atoms with E-state index >= 15 is 0 Å². The predicted molar refractivity (Wildman–Crippen MR) is 82.5 cm³/mol. The molecular weight excluding hydrogens is 288 g/mol. The third-order valence-electron chi connectivity index (χ3n) is 3.02. The lowest BCUT2D eigenvalue weighted by Gasteiger charge is -2.21. The quantitative estimate of drug-likeness (QED) is 0.789. The lowest BCUT2D eigenvalue weighted by molar-refractivity contribution is -0.133. The fourth-order valence-corrected chi connectivity index (χ4v) is 2.59. The first kappa shape index (κ1) is 15.4. The van der Waals surface area contributed by atoms with Crippen LogP contribution in [0.4, 0.5) is 5.95 Å². The molecule has 1 N–H and O–H groups in total. The fraction of sp³-hybridized carbons (Fsp3) is 0.357. The molecule has 0 aliphatic rings. The number of carbonyl (C=O) groups is 1. The Bertz CT molecular complexity index is 600. The van der Waals surface area contributed by atoms with Crippen LogP contribution in [0.25, 0.3) is 0 Å². The molecule has 7 heteroatoms. The molecule has 6 nitrogen and oxygen atoms in total. The van der Waals surface area contributed by atoms with Gasteiger partial charge in [0.1, 0.15) is 0 Å². The van der Waals surface area contributed by atoms with Crippen molar-refractivity contribution in [3.8, 4) is 0 Å². The molecule has 21 heavy (non-hydrogen) atoms. The number of rotatable bonds is 7. The van der Waals surface area contributed by atoms with Crippen LogP contribution in [0.2, 0.25) is 0 Å². The minimum absolute atomic E-state index is 0.0171. The van der Waals surface area contributed by atoms with Gasteiger partial charge in [0.05, 0.1) is 5.75 Å². The Hall–Kier alpha value is -2.02. The van der Waals surface area contributed by atoms with Gasteiger partial charge in [-0.1, -0.05) is 42.1 Å². The highest BCUT2D eigenvalue weighted by atomic mass is 32.2. The van der Waals surface area contributed by atoms with Crippen molar-refractivity contribution in [3.63, 3.8) is 0 Å². The van der Waals surface area contributed by atoms with Gasteiger partial charge in [-0.2, -0.15) is 0 Å². The smallest absolute Gasteiger partial charge is 0.313 e. The Balaban J connectivity index is 2.13. The lowest BCUT2D eigenvalue weighted by atomic mass is 10.2. The van der Waals surface area contributed by atoms with Crippen molar-refractivity contribution in [3.05, 3.63) is 35.9 Å². The van der Waals surface area contributed by atoms with Gasteiger partial charge in [0, 0.05) is 20.1 Å². The first-order chi connectivity index (χ1) is 10.1. The number of aromatic nitrogens is 3. The van der Waals surface area contributed by atoms with Crippen molar-refractivity contribution in [2.24, 2.45) is 7.05 Å². The second-order valence-electron chi connectivity index (χ2n) is 4.52. The highest BCUT2D eigenvalue weighted by molar-refractivity contribution is 7.99. The molecule has 1 heterocycles. The second-order valence-corrected chi connectivity index (χ2v) is 5.47. The number of nitrogens with zero attached hydrogens (tertiary/aromatic N) is 4. The Morgan fingerprint density at radius 1 is 1.33 bits per heavy atom. The van der Waals surface area contributed by atoms with Crippen molar-refractivity contribution in [2.45, 2.75) is 18.6 Å². The van der Waals surface area contributed by atoms with E-state index < -0.39 is 5.97 Å². The van der Waals surface area contributed by atoms with Crippen LogP contribution in [0.1, 0.15) is 12.5 Å². The Morgan fingerprint density at radius 3 is 2.67 bits per heavy atom. The molecule has 0 aliphatic carbocycles. The summed E-state index contributed by atoms with van der Waals surface area (Å²) in [6.45, 7) is 3.60. The van der Waals surface area contributed by atoms with Crippen LogP contribution in [0.5, 0.6) is 0 Å². The predicted octanol–water partition coefficient (Wildman–Crippen LogP) is 2.02. The summed E-state index contributed by atoms with van der Waals surface area (Å²) in [7, 11) is 1.85. The van der Waals surface area contributed by atoms with Crippen molar-refractivity contribution in [1.29, 1.82) is 0 Å². The molecule has 0 radical (unpaired) electrons. The number of hydrogen-bond donors (Lipinski definition) is 1. The van der Waals surface area contributed by atoms with E-state index in [1.54, 1.807) is 0 Å². The average Bonchev–Trinajstić information content (AvgIpc) is 2.85. The van der Waals surface area contributed by atoms with Crippen molar-refractivity contribution in [1.82, 2.24) is 14.8 Å². The average molecular weight is 306 g/mol. The summed E-state index contributed by atoms with van der Waals surface area (Å²) in [6, 6.07) is 10.1. The van der Waals surface area contributed by atoms with E-state index in [1.807, 2.05) is 29.8 Å². The lowest BCUT2D eigenvalue weighted by Crippen LogP contribution is -2.25. The summed E-state index contributed by atoms with van der Waals surface area (Å²) in [5.41, 5.74) is 1.20. The van der Waals surface area contributed by atoms with Gasteiger partial charge in [-0.15, -0.1) is 10.2 Å². The molecule has 112 valence electrons. The Labute approximate surface area is 127 Å². The van der Waals surface area contributed by atoms with Crippen molar-refractivity contribution < 1.29 is 9.90 Å². The van der Waals surface area contributed by atoms with Crippen LogP contribution in [-0.2, 0) is 18.4 Å². The molecule has 2 rings (SSSR count). The third-order valence-corrected chi connectivity index (χ3v) is 4.02. The van der Waals surface area contributed by atoms with E-state index in [9.17, 15) is 4.79 Å². The SMILES string of the molecule is CCN(Cc1ccccc1)c1nnc(SCC(=O)O)n1C. The maximum absolute atomic E-state index is 10.6. The number of hydrogen-bond acceptors (Lipinski definition) is 5. The largest absolute Gasteiger partial charge is 0.481 e. The van der Waals surface area contributed by atoms with Gasteiger partial charge >= 0.3 is 5.97 Å². The maximum Gasteiger partial charge on any atom is 0.313 e. The molecule has 0 saturated heterocycles. The summed E-state index contributed by atoms with van der Waals surface area (Å²) in [5.74, 6) is -0.132. The molecule has 2 aromatic rings. The van der Waals surface area contributed by atoms with Gasteiger partial charge in [0.15, 0.2) is 5.16 Å². The molecule has 0 spiro atoms. The van der Waals surface area contributed by atoms with Crippen molar-refractivity contribution >= 4 is 23.7 Å². The third kappa shape index (κ3) is 3.98. The summed E-state index contributed by atoms with van der Waals surface area (Å²) in [4.78, 5) is 12.7. The Kier molecular flexibility index (Phi) is 5.21. The fourth-order valence-electron chi connectivity index (χ4n) is 1.96. The number of carboxylic acid groups (broad SMARTS) is 1. The molecule has 0 amide bonds. The monoisotopic (exact) mass is 306 g/mol. The van der Waals surface area contributed by atoms with Crippen LogP contribution in [0.15, 0.2) is 35.5 Å². The number of aliphatic carboxylic acids is 1. The summed E-state index contributed by atoms with van der Waals surface area (Å²) >= 11 is 1.17. The first-order valence-electron chi connectivity index (χ1n) is 6.64. The zero-order chi connectivity index (χ0) is 15.2. The van der Waals surface area contributed by atoms with E-state index in [0.717, 1.165) is 19.0 Å². The number of benzene rings is 1. The maximum atomic E-state index is 10.6. The normalized spacial score (nSPS) is 10.6. The van der Waals surface area contributed by atoms with E-state index in [2.05, 4.69) is 34.2 Å². The number of anilines is 1. The van der Waals surface area contributed by atoms with Crippen molar-refractivity contribution in [2.75, 3.05) is 17.2 Å². The Morgan fingerprint density at radius 2 is 2.05 bits per heavy atom. The van der Waals surface area contributed by atoms with E-state index in [1.165, 1.54) is 17.3 Å². The first-order valence-corrected chi connectivity index (χ1v) is 7.63. The highest BCUT2D eigenvalue weighted by Crippen LogP contribution is 2.21. The van der Waals surface area contributed by atoms with Gasteiger partial charge in [-0.3, -0.25) is 9.36 Å². The van der Waals surface area contributed by atoms with Gasteiger partial charge in [-0.05, 0) is 12.5 Å². The second kappa shape index (κ2) is 7.12. The minimum Gasteiger partial charge on any atom is -0.481 e. The molecule has 0 unspecified atom stereocenters. The summed E-state index contributed by atoms with van der Waals surface area (Å²) in [5, 5.41) is 17.6. The molecule has 1 aromatic carbocycles. The van der Waals surface area contributed by atoms with Crippen LogP contribution in [-0.4, -0.2) is 38.1 Å². The zero-order valence-corrected chi connectivity index (χ0v) is 12.9. The van der Waals surface area contributed by atoms with Crippen LogP contribution in [0.3, 0.4) is 0 Å². The topological polar surface area (TPSA) is 71.2 Å². The molecule has 1 aromatic heterocycles. The molecule has 0 aliphatic heterocycles. The van der Waals surface area contributed by atoms with Gasteiger partial charge < -0.3 is 10.0 Å². The van der Waals surface area contributed by atoms with Crippen LogP contribution < -0.4 is 4.90 Å². The molecule has 0 atom stereocenters. The molecule has 0 saturated carbocycles. The standard InChI is InChI=1S/C14H18N4O2S/c1-3-18(9-11-7-5-4-6-8-11)13-15-16-14(17(13)2)21-10-12(19)20/h4-8H,3,9-10H2,1-2H3,(H,19,20). The zero-order valence-electron chi connectivity index (χ0n) is 12.1. The van der Waals surface area contributed by atoms with Gasteiger partial charge in [0.2, 0.25) is 5.95 Å². The van der Waals surface area contributed by atoms with Gasteiger partial charge in [-0.25, -0.2) is 0 Å².